The molecule has 0 saturated carbocycles. The average molecular weight is 231 g/mol. The molecular weight excluding hydrogens is 210 g/mol. The Morgan fingerprint density at radius 1 is 1.18 bits per heavy atom. The third kappa shape index (κ3) is 2.99. The summed E-state index contributed by atoms with van der Waals surface area (Å²) in [5, 5.41) is 0. The Bertz CT molecular complexity index is 383. The zero-order chi connectivity index (χ0) is 12.3. The number of nitrogens with zero attached hydrogens (tertiary/aromatic N) is 2. The van der Waals surface area contributed by atoms with Crippen LogP contribution in [0.2, 0.25) is 0 Å². The van der Waals surface area contributed by atoms with Crippen LogP contribution in [0.1, 0.15) is 25.0 Å². The number of nitrogens with two attached hydrogens (primary N) is 1. The third-order valence-electron chi connectivity index (χ3n) is 3.13. The lowest BCUT2D eigenvalue weighted by Crippen LogP contribution is -2.39. The van der Waals surface area contributed by atoms with Gasteiger partial charge in [-0.05, 0) is 37.8 Å². The van der Waals surface area contributed by atoms with Crippen molar-refractivity contribution in [1.82, 2.24) is 4.90 Å². The van der Waals surface area contributed by atoms with Crippen molar-refractivity contribution < 1.29 is 0 Å². The first-order valence-corrected chi connectivity index (χ1v) is 6.32. The molecule has 0 bridgehead atoms. The first-order chi connectivity index (χ1) is 8.16. The minimum atomic E-state index is 0.264. The molecule has 2 rings (SSSR count). The maximum absolute atomic E-state index is 6.03. The monoisotopic (exact) mass is 231 g/mol. The zero-order valence-corrected chi connectivity index (χ0v) is 10.7. The lowest BCUT2D eigenvalue weighted by Gasteiger charge is -2.21. The van der Waals surface area contributed by atoms with Crippen LogP contribution in [0.25, 0.3) is 0 Å². The van der Waals surface area contributed by atoms with Crippen molar-refractivity contribution in [3.63, 3.8) is 0 Å². The molecule has 0 saturated heterocycles. The highest BCUT2D eigenvalue weighted by Crippen LogP contribution is 2.15. The first-order valence-electron chi connectivity index (χ1n) is 6.32. The van der Waals surface area contributed by atoms with Gasteiger partial charge >= 0.3 is 0 Å². The second-order valence-electron chi connectivity index (χ2n) is 4.84. The Kier molecular flexibility index (Phi) is 3.67. The Morgan fingerprint density at radius 2 is 1.71 bits per heavy atom. The summed E-state index contributed by atoms with van der Waals surface area (Å²) >= 11 is 0. The van der Waals surface area contributed by atoms with Crippen LogP contribution in [0.3, 0.4) is 0 Å². The molecule has 1 aromatic rings. The van der Waals surface area contributed by atoms with Gasteiger partial charge in [0.05, 0.1) is 0 Å². The Morgan fingerprint density at radius 3 is 2.18 bits per heavy atom. The minimum absolute atomic E-state index is 0.264. The van der Waals surface area contributed by atoms with Gasteiger partial charge < -0.3 is 10.6 Å². The van der Waals surface area contributed by atoms with E-state index in [0.29, 0.717) is 5.96 Å². The van der Waals surface area contributed by atoms with Gasteiger partial charge in [0.2, 0.25) is 0 Å². The molecule has 0 aliphatic carbocycles. The van der Waals surface area contributed by atoms with Crippen molar-refractivity contribution >= 4 is 5.96 Å². The molecule has 92 valence electrons. The van der Waals surface area contributed by atoms with Gasteiger partial charge in [0, 0.05) is 19.1 Å². The minimum Gasteiger partial charge on any atom is -0.370 e. The van der Waals surface area contributed by atoms with Crippen LogP contribution in [-0.4, -0.2) is 30.0 Å². The zero-order valence-electron chi connectivity index (χ0n) is 10.7. The van der Waals surface area contributed by atoms with Gasteiger partial charge in [-0.2, -0.15) is 0 Å². The van der Waals surface area contributed by atoms with Crippen LogP contribution < -0.4 is 5.73 Å². The maximum atomic E-state index is 6.03. The van der Waals surface area contributed by atoms with Crippen molar-refractivity contribution in [2.45, 2.75) is 32.7 Å². The van der Waals surface area contributed by atoms with Gasteiger partial charge in [-0.15, -0.1) is 0 Å². The van der Waals surface area contributed by atoms with Crippen molar-refractivity contribution in [2.24, 2.45) is 10.7 Å². The molecular formula is C14H21N3. The predicted molar refractivity (Wildman–Crippen MR) is 72.2 cm³/mol. The Labute approximate surface area is 103 Å². The molecule has 0 spiro atoms. The predicted octanol–water partition coefficient (Wildman–Crippen LogP) is 1.81. The van der Waals surface area contributed by atoms with Crippen LogP contribution in [0.15, 0.2) is 29.3 Å². The number of rotatable bonds is 1. The summed E-state index contributed by atoms with van der Waals surface area (Å²) in [7, 11) is 0. The molecule has 2 N–H and O–H groups in total. The van der Waals surface area contributed by atoms with E-state index < -0.39 is 0 Å². The lowest BCUT2D eigenvalue weighted by molar-refractivity contribution is 0.430. The SMILES string of the molecule is CC(C)N=C(N)N1CCc2ccccc2CC1. The lowest BCUT2D eigenvalue weighted by atomic mass is 10.0. The summed E-state index contributed by atoms with van der Waals surface area (Å²) in [4.78, 5) is 6.62. The van der Waals surface area contributed by atoms with Crippen LogP contribution >= 0.6 is 0 Å². The van der Waals surface area contributed by atoms with Crippen LogP contribution in [0.5, 0.6) is 0 Å². The number of benzene rings is 1. The fourth-order valence-electron chi connectivity index (χ4n) is 2.24. The molecule has 1 aliphatic rings. The van der Waals surface area contributed by atoms with Crippen molar-refractivity contribution in [1.29, 1.82) is 0 Å². The smallest absolute Gasteiger partial charge is 0.191 e. The van der Waals surface area contributed by atoms with E-state index in [-0.39, 0.29) is 6.04 Å². The number of hydrogen-bond acceptors (Lipinski definition) is 1. The molecule has 0 amide bonds. The number of fused-ring (bicyclic) bond motifs is 1. The summed E-state index contributed by atoms with van der Waals surface area (Å²) < 4.78 is 0. The molecule has 0 fully saturated rings. The fourth-order valence-corrected chi connectivity index (χ4v) is 2.24. The van der Waals surface area contributed by atoms with E-state index in [1.807, 2.05) is 0 Å². The van der Waals surface area contributed by atoms with Crippen LogP contribution in [0, 0.1) is 0 Å². The van der Waals surface area contributed by atoms with E-state index >= 15 is 0 Å². The van der Waals surface area contributed by atoms with Crippen LogP contribution in [0.4, 0.5) is 0 Å². The highest BCUT2D eigenvalue weighted by Gasteiger charge is 2.14. The molecule has 1 heterocycles. The van der Waals surface area contributed by atoms with E-state index in [1.54, 1.807) is 0 Å². The Balaban J connectivity index is 2.09. The van der Waals surface area contributed by atoms with Crippen molar-refractivity contribution in [3.05, 3.63) is 35.4 Å². The summed E-state index contributed by atoms with van der Waals surface area (Å²) in [6.45, 7) is 6.05. The summed E-state index contributed by atoms with van der Waals surface area (Å²) in [5.41, 5.74) is 8.93. The molecule has 0 radical (unpaired) electrons. The topological polar surface area (TPSA) is 41.6 Å². The van der Waals surface area contributed by atoms with Gasteiger partial charge in [0.1, 0.15) is 0 Å². The van der Waals surface area contributed by atoms with E-state index in [2.05, 4.69) is 48.0 Å². The molecule has 0 unspecified atom stereocenters. The second-order valence-corrected chi connectivity index (χ2v) is 4.84. The molecule has 0 aromatic heterocycles. The Hall–Kier alpha value is -1.51. The summed E-state index contributed by atoms with van der Waals surface area (Å²) in [6, 6.07) is 8.92. The number of guanidine groups is 1. The van der Waals surface area contributed by atoms with E-state index in [0.717, 1.165) is 25.9 Å². The van der Waals surface area contributed by atoms with Crippen LogP contribution in [-0.2, 0) is 12.8 Å². The van der Waals surface area contributed by atoms with Gasteiger partial charge in [-0.1, -0.05) is 24.3 Å². The quantitative estimate of drug-likeness (QED) is 0.591. The van der Waals surface area contributed by atoms with E-state index in [1.165, 1.54) is 11.1 Å². The van der Waals surface area contributed by atoms with Gasteiger partial charge in [0.25, 0.3) is 0 Å². The summed E-state index contributed by atoms with van der Waals surface area (Å²) in [6.07, 6.45) is 2.12. The third-order valence-corrected chi connectivity index (χ3v) is 3.13. The highest BCUT2D eigenvalue weighted by atomic mass is 15.2. The fraction of sp³-hybridized carbons (Fsp3) is 0.500. The van der Waals surface area contributed by atoms with E-state index in [9.17, 15) is 0 Å². The van der Waals surface area contributed by atoms with Crippen molar-refractivity contribution in [2.75, 3.05) is 13.1 Å². The molecule has 3 nitrogen and oxygen atoms in total. The van der Waals surface area contributed by atoms with E-state index in [4.69, 9.17) is 5.73 Å². The maximum Gasteiger partial charge on any atom is 0.191 e. The molecule has 1 aliphatic heterocycles. The number of hydrogen-bond donors (Lipinski definition) is 1. The largest absolute Gasteiger partial charge is 0.370 e. The summed E-state index contributed by atoms with van der Waals surface area (Å²) in [5.74, 6) is 0.688. The average Bonchev–Trinajstić information content (AvgIpc) is 2.50. The molecule has 3 heteroatoms. The van der Waals surface area contributed by atoms with Gasteiger partial charge in [-0.25, -0.2) is 0 Å². The molecule has 1 aromatic carbocycles. The normalized spacial score (nSPS) is 16.9. The highest BCUT2D eigenvalue weighted by molar-refractivity contribution is 5.78. The molecule has 17 heavy (non-hydrogen) atoms. The van der Waals surface area contributed by atoms with Crippen molar-refractivity contribution in [3.8, 4) is 0 Å². The first kappa shape index (κ1) is 12.0. The second kappa shape index (κ2) is 5.21. The molecule has 0 atom stereocenters. The van der Waals surface area contributed by atoms with Gasteiger partial charge in [-0.3, -0.25) is 4.99 Å². The van der Waals surface area contributed by atoms with Gasteiger partial charge in [0.15, 0.2) is 5.96 Å². The number of aliphatic imine (C=N–C) groups is 1. The standard InChI is InChI=1S/C14H21N3/c1-11(2)16-14(15)17-9-7-12-5-3-4-6-13(12)8-10-17/h3-6,11H,7-10H2,1-2H3,(H2,15,16).